The van der Waals surface area contributed by atoms with E-state index in [0.717, 1.165) is 4.31 Å². The Labute approximate surface area is 149 Å². The molecule has 1 aromatic heterocycles. The minimum atomic E-state index is -3.54. The molecule has 3 rings (SSSR count). The van der Waals surface area contributed by atoms with Crippen molar-refractivity contribution in [3.8, 4) is 11.4 Å². The molecule has 0 aliphatic rings. The summed E-state index contributed by atoms with van der Waals surface area (Å²) in [7, 11) is -0.660. The highest BCUT2D eigenvalue weighted by molar-refractivity contribution is 7.89. The largest absolute Gasteiger partial charge is 0.423 e. The number of aromatic nitrogens is 4. The Kier molecular flexibility index (Phi) is 4.78. The second-order valence-corrected chi connectivity index (χ2v) is 7.60. The highest BCUT2D eigenvalue weighted by atomic mass is 32.2. The van der Waals surface area contributed by atoms with E-state index >= 15 is 0 Å². The first-order valence-corrected chi connectivity index (χ1v) is 8.90. The summed E-state index contributed by atoms with van der Waals surface area (Å²) in [5.74, 6) is -0.245. The van der Waals surface area contributed by atoms with Gasteiger partial charge in [0.25, 0.3) is 0 Å². The molecule has 0 saturated carbocycles. The summed E-state index contributed by atoms with van der Waals surface area (Å²) in [6, 6.07) is 12.2. The molecule has 0 radical (unpaired) electrons. The lowest BCUT2D eigenvalue weighted by atomic mass is 10.2. The minimum absolute atomic E-state index is 0.102. The summed E-state index contributed by atoms with van der Waals surface area (Å²) in [5, 5.41) is 10.9. The van der Waals surface area contributed by atoms with Crippen LogP contribution in [0.2, 0.25) is 0 Å². The molecule has 9 nitrogen and oxygen atoms in total. The third-order valence-corrected chi connectivity index (χ3v) is 5.36. The van der Waals surface area contributed by atoms with Crippen LogP contribution in [0, 0.1) is 0 Å². The lowest BCUT2D eigenvalue weighted by Gasteiger charge is -2.11. The molecule has 0 bridgehead atoms. The van der Waals surface area contributed by atoms with Gasteiger partial charge < -0.3 is 4.74 Å². The fourth-order valence-corrected chi connectivity index (χ4v) is 2.99. The topological polar surface area (TPSA) is 107 Å². The van der Waals surface area contributed by atoms with E-state index in [1.54, 1.807) is 24.3 Å². The van der Waals surface area contributed by atoms with Crippen LogP contribution in [0.15, 0.2) is 59.8 Å². The smallest absolute Gasteiger partial charge is 0.343 e. The molecule has 0 fully saturated rings. The predicted octanol–water partition coefficient (Wildman–Crippen LogP) is 1.13. The van der Waals surface area contributed by atoms with Crippen LogP contribution >= 0.6 is 0 Å². The fraction of sp³-hybridized carbons (Fsp3) is 0.125. The first-order chi connectivity index (χ1) is 12.4. The van der Waals surface area contributed by atoms with E-state index in [1.165, 1.54) is 49.4 Å². The van der Waals surface area contributed by atoms with Gasteiger partial charge in [0.15, 0.2) is 0 Å². The molecule has 10 heteroatoms. The summed E-state index contributed by atoms with van der Waals surface area (Å²) in [4.78, 5) is 12.3. The van der Waals surface area contributed by atoms with E-state index in [9.17, 15) is 13.2 Å². The van der Waals surface area contributed by atoms with Crippen LogP contribution in [0.25, 0.3) is 5.69 Å². The van der Waals surface area contributed by atoms with Crippen LogP contribution in [-0.2, 0) is 10.0 Å². The summed E-state index contributed by atoms with van der Waals surface area (Å²) in [5.41, 5.74) is 0.959. The van der Waals surface area contributed by atoms with Crippen molar-refractivity contribution in [2.24, 2.45) is 0 Å². The predicted molar refractivity (Wildman–Crippen MR) is 91.4 cm³/mol. The van der Waals surface area contributed by atoms with Crippen molar-refractivity contribution in [1.29, 1.82) is 0 Å². The van der Waals surface area contributed by atoms with E-state index < -0.39 is 16.0 Å². The Morgan fingerprint density at radius 3 is 2.23 bits per heavy atom. The van der Waals surface area contributed by atoms with Gasteiger partial charge in [0.1, 0.15) is 12.1 Å². The van der Waals surface area contributed by atoms with Crippen molar-refractivity contribution in [3.63, 3.8) is 0 Å². The standard InChI is InChI=1S/C16H15N5O4S/c1-20(2)26(23,24)15-9-3-12(4-10-15)16(22)25-14-7-5-13(6-8-14)21-11-17-18-19-21/h3-11H,1-2H3. The second kappa shape index (κ2) is 7.02. The van der Waals surface area contributed by atoms with E-state index in [1.807, 2.05) is 0 Å². The van der Waals surface area contributed by atoms with Gasteiger partial charge in [-0.3, -0.25) is 0 Å². The number of sulfonamides is 1. The first-order valence-electron chi connectivity index (χ1n) is 7.46. The number of nitrogens with zero attached hydrogens (tertiary/aromatic N) is 5. The number of benzene rings is 2. The zero-order valence-electron chi connectivity index (χ0n) is 14.0. The molecule has 26 heavy (non-hydrogen) atoms. The fourth-order valence-electron chi connectivity index (χ4n) is 2.09. The van der Waals surface area contributed by atoms with Crippen LogP contribution in [0.1, 0.15) is 10.4 Å². The molecule has 0 saturated heterocycles. The van der Waals surface area contributed by atoms with Crippen molar-refractivity contribution >= 4 is 16.0 Å². The van der Waals surface area contributed by atoms with Gasteiger partial charge in [-0.15, -0.1) is 5.10 Å². The van der Waals surface area contributed by atoms with E-state index in [2.05, 4.69) is 15.5 Å². The Morgan fingerprint density at radius 2 is 1.69 bits per heavy atom. The number of carbonyl (C=O) groups excluding carboxylic acids is 1. The Bertz CT molecular complexity index is 998. The van der Waals surface area contributed by atoms with Gasteiger partial charge in [-0.1, -0.05) is 0 Å². The van der Waals surface area contributed by atoms with Crippen LogP contribution < -0.4 is 4.74 Å². The highest BCUT2D eigenvalue weighted by Gasteiger charge is 2.18. The van der Waals surface area contributed by atoms with Crippen LogP contribution in [0.3, 0.4) is 0 Å². The summed E-state index contributed by atoms with van der Waals surface area (Å²) >= 11 is 0. The number of tetrazole rings is 1. The van der Waals surface area contributed by atoms with Crippen LogP contribution in [-0.4, -0.2) is 53.0 Å². The molecule has 2 aromatic carbocycles. The lowest BCUT2D eigenvalue weighted by Crippen LogP contribution is -2.22. The maximum absolute atomic E-state index is 12.2. The van der Waals surface area contributed by atoms with Gasteiger partial charge in [-0.25, -0.2) is 22.2 Å². The Hall–Kier alpha value is -3.11. The zero-order valence-corrected chi connectivity index (χ0v) is 14.8. The molecular weight excluding hydrogens is 358 g/mol. The van der Waals surface area contributed by atoms with E-state index in [0.29, 0.717) is 11.4 Å². The molecule has 0 aliphatic heterocycles. The van der Waals surface area contributed by atoms with Crippen LogP contribution in [0.5, 0.6) is 5.75 Å². The van der Waals surface area contributed by atoms with Crippen molar-refractivity contribution in [3.05, 3.63) is 60.4 Å². The molecule has 0 spiro atoms. The highest BCUT2D eigenvalue weighted by Crippen LogP contribution is 2.18. The van der Waals surface area contributed by atoms with E-state index in [4.69, 9.17) is 4.74 Å². The maximum Gasteiger partial charge on any atom is 0.343 e. The number of hydrogen-bond acceptors (Lipinski definition) is 7. The molecular formula is C16H15N5O4S. The number of ether oxygens (including phenoxy) is 1. The molecule has 134 valence electrons. The number of hydrogen-bond donors (Lipinski definition) is 0. The van der Waals surface area contributed by atoms with Gasteiger partial charge in [0, 0.05) is 14.1 Å². The van der Waals surface area contributed by atoms with Gasteiger partial charge in [0.2, 0.25) is 10.0 Å². The summed E-state index contributed by atoms with van der Waals surface area (Å²) in [6.07, 6.45) is 1.45. The number of carbonyl (C=O) groups is 1. The second-order valence-electron chi connectivity index (χ2n) is 5.45. The molecule has 0 amide bonds. The van der Waals surface area contributed by atoms with Gasteiger partial charge in [0.05, 0.1) is 16.1 Å². The summed E-state index contributed by atoms with van der Waals surface area (Å²) in [6.45, 7) is 0. The van der Waals surface area contributed by atoms with E-state index in [-0.39, 0.29) is 10.5 Å². The molecule has 0 N–H and O–H groups in total. The molecule has 0 aliphatic carbocycles. The molecule has 3 aromatic rings. The SMILES string of the molecule is CN(C)S(=O)(=O)c1ccc(C(=O)Oc2ccc(-n3cnnn3)cc2)cc1. The van der Waals surface area contributed by atoms with Gasteiger partial charge in [-0.2, -0.15) is 0 Å². The zero-order chi connectivity index (χ0) is 18.7. The third kappa shape index (κ3) is 3.60. The first kappa shape index (κ1) is 17.7. The quantitative estimate of drug-likeness (QED) is 0.487. The normalized spacial score (nSPS) is 11.5. The monoisotopic (exact) mass is 373 g/mol. The van der Waals surface area contributed by atoms with Gasteiger partial charge in [-0.05, 0) is 59.0 Å². The Balaban J connectivity index is 1.72. The maximum atomic E-state index is 12.2. The van der Waals surface area contributed by atoms with Crippen molar-refractivity contribution in [1.82, 2.24) is 24.5 Å². The van der Waals surface area contributed by atoms with Crippen LogP contribution in [0.4, 0.5) is 0 Å². The summed E-state index contributed by atoms with van der Waals surface area (Å²) < 4.78 is 31.9. The molecule has 0 atom stereocenters. The molecule has 1 heterocycles. The average molecular weight is 373 g/mol. The minimum Gasteiger partial charge on any atom is -0.423 e. The van der Waals surface area contributed by atoms with Gasteiger partial charge >= 0.3 is 5.97 Å². The molecule has 0 unspecified atom stereocenters. The van der Waals surface area contributed by atoms with Crippen molar-refractivity contribution in [2.75, 3.05) is 14.1 Å². The van der Waals surface area contributed by atoms with Crippen molar-refractivity contribution in [2.45, 2.75) is 4.90 Å². The number of esters is 1. The van der Waals surface area contributed by atoms with Crippen molar-refractivity contribution < 1.29 is 17.9 Å². The number of rotatable bonds is 5. The lowest BCUT2D eigenvalue weighted by molar-refractivity contribution is 0.0734. The third-order valence-electron chi connectivity index (χ3n) is 3.53. The Morgan fingerprint density at radius 1 is 1.04 bits per heavy atom. The average Bonchev–Trinajstić information content (AvgIpc) is 3.17.